The number of aryl methyl sites for hydroxylation is 2. The maximum absolute atomic E-state index is 13.6. The van der Waals surface area contributed by atoms with Crippen LogP contribution in [0.15, 0.2) is 23.4 Å². The van der Waals surface area contributed by atoms with Crippen molar-refractivity contribution in [2.75, 3.05) is 5.32 Å². The zero-order valence-corrected chi connectivity index (χ0v) is 15.8. The minimum Gasteiger partial charge on any atom is -0.370 e. The SMILES string of the molecule is CCn1c(CCC(N)=O)nnc1S[C@@H](C)C(=O)Nc1ccc(C)c(F)c1. The number of carbonyl (C=O) groups is 2. The third-order valence-electron chi connectivity index (χ3n) is 3.80. The lowest BCUT2D eigenvalue weighted by Gasteiger charge is -2.13. The Balaban J connectivity index is 2.03. The molecule has 0 radical (unpaired) electrons. The number of nitrogens with one attached hydrogen (secondary N) is 1. The number of thioether (sulfide) groups is 1. The van der Waals surface area contributed by atoms with Crippen LogP contribution < -0.4 is 11.1 Å². The highest BCUT2D eigenvalue weighted by molar-refractivity contribution is 8.00. The van der Waals surface area contributed by atoms with Crippen molar-refractivity contribution >= 4 is 29.3 Å². The average Bonchev–Trinajstić information content (AvgIpc) is 2.97. The first-order valence-electron chi connectivity index (χ1n) is 8.25. The van der Waals surface area contributed by atoms with E-state index in [1.54, 1.807) is 26.0 Å². The van der Waals surface area contributed by atoms with Crippen LogP contribution in [0.5, 0.6) is 0 Å². The van der Waals surface area contributed by atoms with Gasteiger partial charge in [0.2, 0.25) is 11.8 Å². The molecular weight excluding hydrogens is 357 g/mol. The summed E-state index contributed by atoms with van der Waals surface area (Å²) in [6.07, 6.45) is 0.595. The molecule has 2 aromatic rings. The third-order valence-corrected chi connectivity index (χ3v) is 4.88. The highest BCUT2D eigenvalue weighted by atomic mass is 32.2. The second-order valence-corrected chi connectivity index (χ2v) is 7.13. The Labute approximate surface area is 155 Å². The van der Waals surface area contributed by atoms with E-state index in [1.807, 2.05) is 11.5 Å². The molecule has 0 spiro atoms. The van der Waals surface area contributed by atoms with Gasteiger partial charge in [0.15, 0.2) is 5.16 Å². The molecule has 140 valence electrons. The summed E-state index contributed by atoms with van der Waals surface area (Å²) in [6, 6.07) is 4.56. The predicted octanol–water partition coefficient (Wildman–Crippen LogP) is 2.28. The van der Waals surface area contributed by atoms with Gasteiger partial charge in [-0.3, -0.25) is 9.59 Å². The molecule has 0 aliphatic heterocycles. The summed E-state index contributed by atoms with van der Waals surface area (Å²) in [6.45, 7) is 5.94. The van der Waals surface area contributed by atoms with Crippen LogP contribution in [-0.4, -0.2) is 31.8 Å². The smallest absolute Gasteiger partial charge is 0.237 e. The Bertz CT molecular complexity index is 808. The lowest BCUT2D eigenvalue weighted by molar-refractivity contribution is -0.118. The van der Waals surface area contributed by atoms with Gasteiger partial charge in [-0.25, -0.2) is 4.39 Å². The number of hydrogen-bond acceptors (Lipinski definition) is 5. The van der Waals surface area contributed by atoms with Crippen LogP contribution in [0.4, 0.5) is 10.1 Å². The van der Waals surface area contributed by atoms with Crippen molar-refractivity contribution in [2.45, 2.75) is 50.6 Å². The van der Waals surface area contributed by atoms with E-state index in [1.165, 1.54) is 17.8 Å². The molecule has 9 heteroatoms. The Morgan fingerprint density at radius 2 is 2.12 bits per heavy atom. The van der Waals surface area contributed by atoms with Gasteiger partial charge in [-0.05, 0) is 38.5 Å². The van der Waals surface area contributed by atoms with E-state index >= 15 is 0 Å². The van der Waals surface area contributed by atoms with Crippen molar-refractivity contribution in [1.29, 1.82) is 0 Å². The quantitative estimate of drug-likeness (QED) is 0.685. The fraction of sp³-hybridized carbons (Fsp3) is 0.412. The number of benzene rings is 1. The number of primary amides is 1. The fourth-order valence-corrected chi connectivity index (χ4v) is 3.20. The van der Waals surface area contributed by atoms with Crippen molar-refractivity contribution in [3.63, 3.8) is 0 Å². The predicted molar refractivity (Wildman–Crippen MR) is 98.3 cm³/mol. The molecule has 2 amide bonds. The van der Waals surface area contributed by atoms with Crippen LogP contribution in [0.1, 0.15) is 31.7 Å². The molecule has 0 aliphatic rings. The van der Waals surface area contributed by atoms with Crippen LogP contribution in [0.25, 0.3) is 0 Å². The van der Waals surface area contributed by atoms with Gasteiger partial charge >= 0.3 is 0 Å². The molecule has 26 heavy (non-hydrogen) atoms. The van der Waals surface area contributed by atoms with E-state index in [2.05, 4.69) is 15.5 Å². The van der Waals surface area contributed by atoms with E-state index in [-0.39, 0.29) is 18.1 Å². The topological polar surface area (TPSA) is 103 Å². The molecule has 3 N–H and O–H groups in total. The molecule has 1 aromatic carbocycles. The Kier molecular flexibility index (Phi) is 6.73. The largest absolute Gasteiger partial charge is 0.370 e. The Morgan fingerprint density at radius 3 is 2.73 bits per heavy atom. The van der Waals surface area contributed by atoms with E-state index in [0.717, 1.165) is 0 Å². The fourth-order valence-electron chi connectivity index (χ4n) is 2.27. The van der Waals surface area contributed by atoms with Crippen molar-refractivity contribution in [3.05, 3.63) is 35.4 Å². The summed E-state index contributed by atoms with van der Waals surface area (Å²) < 4.78 is 15.4. The van der Waals surface area contributed by atoms with Gasteiger partial charge in [-0.1, -0.05) is 17.8 Å². The molecule has 0 saturated carbocycles. The summed E-state index contributed by atoms with van der Waals surface area (Å²) in [4.78, 5) is 23.3. The molecular formula is C17H22FN5O2S. The van der Waals surface area contributed by atoms with Gasteiger partial charge < -0.3 is 15.6 Å². The molecule has 1 aromatic heterocycles. The van der Waals surface area contributed by atoms with Gasteiger partial charge in [0.05, 0.1) is 5.25 Å². The van der Waals surface area contributed by atoms with Crippen LogP contribution in [0.2, 0.25) is 0 Å². The average molecular weight is 379 g/mol. The summed E-state index contributed by atoms with van der Waals surface area (Å²) in [5, 5.41) is 11.0. The first-order chi connectivity index (χ1) is 12.3. The zero-order valence-electron chi connectivity index (χ0n) is 15.0. The Hall–Kier alpha value is -2.42. The van der Waals surface area contributed by atoms with Gasteiger partial charge in [0, 0.05) is 25.1 Å². The first-order valence-corrected chi connectivity index (χ1v) is 9.13. The summed E-state index contributed by atoms with van der Waals surface area (Å²) in [7, 11) is 0. The van der Waals surface area contributed by atoms with Crippen molar-refractivity contribution in [1.82, 2.24) is 14.8 Å². The monoisotopic (exact) mass is 379 g/mol. The summed E-state index contributed by atoms with van der Waals surface area (Å²) >= 11 is 1.25. The van der Waals surface area contributed by atoms with Crippen molar-refractivity contribution in [2.24, 2.45) is 5.73 Å². The van der Waals surface area contributed by atoms with Gasteiger partial charge in [0.25, 0.3) is 0 Å². The minimum atomic E-state index is -0.460. The number of amides is 2. The number of hydrogen-bond donors (Lipinski definition) is 2. The zero-order chi connectivity index (χ0) is 19.3. The highest BCUT2D eigenvalue weighted by Gasteiger charge is 2.20. The molecule has 0 bridgehead atoms. The standard InChI is InChI=1S/C17H22FN5O2S/c1-4-23-15(8-7-14(19)24)21-22-17(23)26-11(3)16(25)20-12-6-5-10(2)13(18)9-12/h5-6,9,11H,4,7-8H2,1-3H3,(H2,19,24)(H,20,25)/t11-/m0/s1. The van der Waals surface area contributed by atoms with E-state index in [4.69, 9.17) is 5.73 Å². The third kappa shape index (κ3) is 5.04. The number of carbonyl (C=O) groups excluding carboxylic acids is 2. The number of halogens is 1. The number of rotatable bonds is 8. The second-order valence-electron chi connectivity index (χ2n) is 5.82. The number of nitrogens with zero attached hydrogens (tertiary/aromatic N) is 3. The van der Waals surface area contributed by atoms with Crippen LogP contribution in [0.3, 0.4) is 0 Å². The molecule has 0 fully saturated rings. The molecule has 1 heterocycles. The molecule has 0 unspecified atom stereocenters. The number of aromatic nitrogens is 3. The van der Waals surface area contributed by atoms with E-state index in [0.29, 0.717) is 35.2 Å². The molecule has 0 aliphatic carbocycles. The number of anilines is 1. The molecule has 1 atom stereocenters. The van der Waals surface area contributed by atoms with E-state index < -0.39 is 11.2 Å². The Morgan fingerprint density at radius 1 is 1.38 bits per heavy atom. The van der Waals surface area contributed by atoms with Gasteiger partial charge in [-0.2, -0.15) is 0 Å². The second kappa shape index (κ2) is 8.79. The minimum absolute atomic E-state index is 0.192. The number of nitrogens with two attached hydrogens (primary N) is 1. The summed E-state index contributed by atoms with van der Waals surface area (Å²) in [5.74, 6) is -0.375. The normalized spacial score (nSPS) is 12.0. The summed E-state index contributed by atoms with van der Waals surface area (Å²) in [5.41, 5.74) is 6.10. The maximum Gasteiger partial charge on any atom is 0.237 e. The molecule has 2 rings (SSSR count). The van der Waals surface area contributed by atoms with Crippen molar-refractivity contribution in [3.8, 4) is 0 Å². The molecule has 7 nitrogen and oxygen atoms in total. The van der Waals surface area contributed by atoms with Crippen molar-refractivity contribution < 1.29 is 14.0 Å². The lowest BCUT2D eigenvalue weighted by Crippen LogP contribution is -2.23. The maximum atomic E-state index is 13.6. The van der Waals surface area contributed by atoms with E-state index in [9.17, 15) is 14.0 Å². The van der Waals surface area contributed by atoms with Crippen LogP contribution >= 0.6 is 11.8 Å². The lowest BCUT2D eigenvalue weighted by atomic mass is 10.2. The van der Waals surface area contributed by atoms with Gasteiger partial charge in [0.1, 0.15) is 11.6 Å². The highest BCUT2D eigenvalue weighted by Crippen LogP contribution is 2.24. The van der Waals surface area contributed by atoms with Gasteiger partial charge in [-0.15, -0.1) is 10.2 Å². The van der Waals surface area contributed by atoms with Crippen LogP contribution in [-0.2, 0) is 22.6 Å². The van der Waals surface area contributed by atoms with Crippen LogP contribution in [0, 0.1) is 12.7 Å². The first kappa shape index (κ1) is 19.9. The molecule has 0 saturated heterocycles.